The van der Waals surface area contributed by atoms with Gasteiger partial charge in [0, 0.05) is 17.7 Å². The SMILES string of the molecule is CCCCOc1c(Cl)cc(C(=O)NCc2ccccc2OC)cc1OC. The Kier molecular flexibility index (Phi) is 7.60. The Hall–Kier alpha value is -2.40. The number of amides is 1. The van der Waals surface area contributed by atoms with Crippen LogP contribution in [0.4, 0.5) is 0 Å². The number of benzene rings is 2. The fourth-order valence-corrected chi connectivity index (χ4v) is 2.70. The van der Waals surface area contributed by atoms with Gasteiger partial charge in [0.1, 0.15) is 5.75 Å². The number of para-hydroxylation sites is 1. The summed E-state index contributed by atoms with van der Waals surface area (Å²) in [4.78, 5) is 12.5. The first kappa shape index (κ1) is 19.9. The summed E-state index contributed by atoms with van der Waals surface area (Å²) in [5, 5.41) is 3.22. The monoisotopic (exact) mass is 377 g/mol. The van der Waals surface area contributed by atoms with Gasteiger partial charge in [-0.3, -0.25) is 4.79 Å². The first-order valence-corrected chi connectivity index (χ1v) is 8.88. The Balaban J connectivity index is 2.12. The fourth-order valence-electron chi connectivity index (χ4n) is 2.44. The van der Waals surface area contributed by atoms with E-state index in [1.807, 2.05) is 24.3 Å². The van der Waals surface area contributed by atoms with Gasteiger partial charge in [-0.2, -0.15) is 0 Å². The maximum atomic E-state index is 12.5. The minimum absolute atomic E-state index is 0.254. The van der Waals surface area contributed by atoms with E-state index in [0.717, 1.165) is 24.2 Å². The van der Waals surface area contributed by atoms with Crippen molar-refractivity contribution in [3.05, 3.63) is 52.5 Å². The predicted molar refractivity (Wildman–Crippen MR) is 103 cm³/mol. The van der Waals surface area contributed by atoms with Crippen molar-refractivity contribution in [1.82, 2.24) is 5.32 Å². The first-order chi connectivity index (χ1) is 12.6. The molecule has 1 N–H and O–H groups in total. The van der Waals surface area contributed by atoms with Gasteiger partial charge in [-0.15, -0.1) is 0 Å². The zero-order chi connectivity index (χ0) is 18.9. The Bertz CT molecular complexity index is 749. The minimum atomic E-state index is -0.254. The summed E-state index contributed by atoms with van der Waals surface area (Å²) >= 11 is 6.30. The van der Waals surface area contributed by atoms with Crippen molar-refractivity contribution in [3.8, 4) is 17.2 Å². The molecule has 6 heteroatoms. The van der Waals surface area contributed by atoms with Crippen LogP contribution in [0, 0.1) is 0 Å². The molecule has 2 rings (SSSR count). The van der Waals surface area contributed by atoms with Crippen LogP contribution in [0.1, 0.15) is 35.7 Å². The maximum Gasteiger partial charge on any atom is 0.251 e. The van der Waals surface area contributed by atoms with Crippen LogP contribution < -0.4 is 19.5 Å². The molecule has 0 radical (unpaired) electrons. The van der Waals surface area contributed by atoms with Gasteiger partial charge in [0.2, 0.25) is 0 Å². The number of carbonyl (C=O) groups excluding carboxylic acids is 1. The van der Waals surface area contributed by atoms with Gasteiger partial charge < -0.3 is 19.5 Å². The van der Waals surface area contributed by atoms with Crippen LogP contribution in [0.25, 0.3) is 0 Å². The Labute approximate surface area is 159 Å². The van der Waals surface area contributed by atoms with Gasteiger partial charge in [0.05, 0.1) is 25.8 Å². The lowest BCUT2D eigenvalue weighted by Gasteiger charge is -2.14. The molecule has 0 saturated carbocycles. The third kappa shape index (κ3) is 5.05. The second-order valence-corrected chi connectivity index (χ2v) is 6.09. The number of unbranched alkanes of at least 4 members (excludes halogenated alkanes) is 1. The summed E-state index contributed by atoms with van der Waals surface area (Å²) in [6, 6.07) is 10.7. The highest BCUT2D eigenvalue weighted by Gasteiger charge is 2.16. The average Bonchev–Trinajstić information content (AvgIpc) is 2.67. The highest BCUT2D eigenvalue weighted by Crippen LogP contribution is 2.36. The van der Waals surface area contributed by atoms with Crippen LogP contribution in [0.3, 0.4) is 0 Å². The van der Waals surface area contributed by atoms with E-state index < -0.39 is 0 Å². The zero-order valence-corrected chi connectivity index (χ0v) is 16.1. The lowest BCUT2D eigenvalue weighted by molar-refractivity contribution is 0.0950. The molecule has 2 aromatic carbocycles. The van der Waals surface area contributed by atoms with Crippen molar-refractivity contribution < 1.29 is 19.0 Å². The Morgan fingerprint density at radius 1 is 1.12 bits per heavy atom. The van der Waals surface area contributed by atoms with Crippen LogP contribution in [0.15, 0.2) is 36.4 Å². The normalized spacial score (nSPS) is 10.3. The van der Waals surface area contributed by atoms with Gasteiger partial charge in [-0.05, 0) is 24.6 Å². The molecular formula is C20H24ClNO4. The smallest absolute Gasteiger partial charge is 0.251 e. The summed E-state index contributed by atoms with van der Waals surface area (Å²) in [5.41, 5.74) is 1.30. The lowest BCUT2D eigenvalue weighted by atomic mass is 10.1. The summed E-state index contributed by atoms with van der Waals surface area (Å²) < 4.78 is 16.3. The first-order valence-electron chi connectivity index (χ1n) is 8.51. The van der Waals surface area contributed by atoms with Gasteiger partial charge in [-0.1, -0.05) is 43.1 Å². The molecule has 0 aromatic heterocycles. The standard InChI is InChI=1S/C20H24ClNO4/c1-4-5-10-26-19-16(21)11-15(12-18(19)25-3)20(23)22-13-14-8-6-7-9-17(14)24-2/h6-9,11-12H,4-5,10,13H2,1-3H3,(H,22,23). The number of rotatable bonds is 9. The quantitative estimate of drug-likeness (QED) is 0.655. The molecule has 5 nitrogen and oxygen atoms in total. The fraction of sp³-hybridized carbons (Fsp3) is 0.350. The molecule has 0 heterocycles. The number of nitrogens with one attached hydrogen (secondary N) is 1. The maximum absolute atomic E-state index is 12.5. The molecule has 0 fully saturated rings. The topological polar surface area (TPSA) is 56.8 Å². The van der Waals surface area contributed by atoms with Crippen molar-refractivity contribution in [1.29, 1.82) is 0 Å². The highest BCUT2D eigenvalue weighted by molar-refractivity contribution is 6.32. The van der Waals surface area contributed by atoms with Gasteiger partial charge in [0.25, 0.3) is 5.91 Å². The average molecular weight is 378 g/mol. The van der Waals surface area contributed by atoms with Crippen molar-refractivity contribution in [2.75, 3.05) is 20.8 Å². The molecular weight excluding hydrogens is 354 g/mol. The predicted octanol–water partition coefficient (Wildman–Crippen LogP) is 4.47. The molecule has 0 aliphatic carbocycles. The molecule has 0 bridgehead atoms. The molecule has 0 spiro atoms. The number of hydrogen-bond donors (Lipinski definition) is 1. The number of methoxy groups -OCH3 is 2. The summed E-state index contributed by atoms with van der Waals surface area (Å²) in [7, 11) is 3.12. The van der Waals surface area contributed by atoms with E-state index in [4.69, 9.17) is 25.8 Å². The second-order valence-electron chi connectivity index (χ2n) is 5.69. The molecule has 0 saturated heterocycles. The molecule has 0 aliphatic rings. The van der Waals surface area contributed by atoms with E-state index in [1.54, 1.807) is 19.2 Å². The van der Waals surface area contributed by atoms with Gasteiger partial charge >= 0.3 is 0 Å². The van der Waals surface area contributed by atoms with E-state index in [2.05, 4.69) is 12.2 Å². The number of ether oxygens (including phenoxy) is 3. The van der Waals surface area contributed by atoms with Crippen LogP contribution in [0.5, 0.6) is 17.2 Å². The van der Waals surface area contributed by atoms with E-state index >= 15 is 0 Å². The largest absolute Gasteiger partial charge is 0.496 e. The van der Waals surface area contributed by atoms with Gasteiger partial charge in [0.15, 0.2) is 11.5 Å². The summed E-state index contributed by atoms with van der Waals surface area (Å²) in [6.07, 6.45) is 1.93. The number of hydrogen-bond acceptors (Lipinski definition) is 4. The molecule has 140 valence electrons. The van der Waals surface area contributed by atoms with E-state index in [-0.39, 0.29) is 5.91 Å². The lowest BCUT2D eigenvalue weighted by Crippen LogP contribution is -2.23. The molecule has 0 aliphatic heterocycles. The van der Waals surface area contributed by atoms with Crippen LogP contribution in [-0.4, -0.2) is 26.7 Å². The van der Waals surface area contributed by atoms with E-state index in [0.29, 0.717) is 35.2 Å². The summed E-state index contributed by atoms with van der Waals surface area (Å²) in [6.45, 7) is 2.97. The van der Waals surface area contributed by atoms with Crippen molar-refractivity contribution in [2.45, 2.75) is 26.3 Å². The van der Waals surface area contributed by atoms with Gasteiger partial charge in [-0.25, -0.2) is 0 Å². The van der Waals surface area contributed by atoms with Crippen molar-refractivity contribution in [3.63, 3.8) is 0 Å². The minimum Gasteiger partial charge on any atom is -0.496 e. The van der Waals surface area contributed by atoms with Crippen LogP contribution in [0.2, 0.25) is 5.02 Å². The second kappa shape index (κ2) is 9.92. The molecule has 0 atom stereocenters. The molecule has 1 amide bonds. The molecule has 2 aromatic rings. The van der Waals surface area contributed by atoms with Crippen LogP contribution in [-0.2, 0) is 6.54 Å². The third-order valence-electron chi connectivity index (χ3n) is 3.87. The third-order valence-corrected chi connectivity index (χ3v) is 4.15. The summed E-state index contributed by atoms with van der Waals surface area (Å²) in [5.74, 6) is 1.37. The molecule has 26 heavy (non-hydrogen) atoms. The molecule has 0 unspecified atom stereocenters. The van der Waals surface area contributed by atoms with Crippen LogP contribution >= 0.6 is 11.6 Å². The number of carbonyl (C=O) groups is 1. The Morgan fingerprint density at radius 3 is 2.54 bits per heavy atom. The van der Waals surface area contributed by atoms with E-state index in [9.17, 15) is 4.79 Å². The zero-order valence-electron chi connectivity index (χ0n) is 15.3. The Morgan fingerprint density at radius 2 is 1.85 bits per heavy atom. The van der Waals surface area contributed by atoms with Crippen molar-refractivity contribution >= 4 is 17.5 Å². The van der Waals surface area contributed by atoms with Crippen molar-refractivity contribution in [2.24, 2.45) is 0 Å². The van der Waals surface area contributed by atoms with E-state index in [1.165, 1.54) is 7.11 Å². The number of halogens is 1. The highest BCUT2D eigenvalue weighted by atomic mass is 35.5.